The van der Waals surface area contributed by atoms with Gasteiger partial charge in [0.25, 0.3) is 0 Å². The minimum Gasteiger partial charge on any atom is -0.463 e. The highest BCUT2D eigenvalue weighted by atomic mass is 16.6. The van der Waals surface area contributed by atoms with Gasteiger partial charge in [-0.15, -0.1) is 0 Å². The Bertz CT molecular complexity index is 901. The van der Waals surface area contributed by atoms with Crippen LogP contribution < -0.4 is 5.32 Å². The summed E-state index contributed by atoms with van der Waals surface area (Å²) in [6.45, 7) is 4.12. The summed E-state index contributed by atoms with van der Waals surface area (Å²) in [4.78, 5) is 37.7. The minimum atomic E-state index is -0.981. The van der Waals surface area contributed by atoms with Crippen LogP contribution in [-0.2, 0) is 44.7 Å². The molecule has 1 aliphatic rings. The third kappa shape index (κ3) is 11.3. The normalized spacial score (nSPS) is 28.5. The number of hydrogen-bond donors (Lipinski definition) is 1. The van der Waals surface area contributed by atoms with Crippen molar-refractivity contribution < 1.29 is 38.1 Å². The fraction of sp³-hybridized carbons (Fsp3) is 0.536. The first-order valence-corrected chi connectivity index (χ1v) is 12.5. The van der Waals surface area contributed by atoms with Gasteiger partial charge in [0.2, 0.25) is 5.91 Å². The van der Waals surface area contributed by atoms with E-state index in [9.17, 15) is 14.4 Å². The molecule has 0 spiro atoms. The maximum absolute atomic E-state index is 12.9. The van der Waals surface area contributed by atoms with Gasteiger partial charge in [-0.1, -0.05) is 68.5 Å². The van der Waals surface area contributed by atoms with E-state index in [2.05, 4.69) is 5.32 Å². The second kappa shape index (κ2) is 16.7. The van der Waals surface area contributed by atoms with Crippen LogP contribution in [0.5, 0.6) is 0 Å². The Balaban J connectivity index is 2.14. The van der Waals surface area contributed by atoms with Crippen molar-refractivity contribution in [2.24, 2.45) is 11.8 Å². The topological polar surface area (TPSA) is 109 Å². The summed E-state index contributed by atoms with van der Waals surface area (Å²) in [5.74, 6) is -1.60. The Morgan fingerprint density at radius 1 is 0.865 bits per heavy atom. The molecule has 1 N–H and O–H groups in total. The Kier molecular flexibility index (Phi) is 13.6. The van der Waals surface area contributed by atoms with Gasteiger partial charge in [0, 0.05) is 32.5 Å². The van der Waals surface area contributed by atoms with Gasteiger partial charge < -0.3 is 29.0 Å². The Morgan fingerprint density at radius 3 is 2.08 bits per heavy atom. The summed E-state index contributed by atoms with van der Waals surface area (Å²) in [5.41, 5.74) is 0.949. The summed E-state index contributed by atoms with van der Waals surface area (Å²) >= 11 is 0. The van der Waals surface area contributed by atoms with Gasteiger partial charge in [-0.3, -0.25) is 9.59 Å². The first kappa shape index (κ1) is 30.2. The number of carbonyl (C=O) groups is 3. The zero-order chi connectivity index (χ0) is 27.0. The number of ether oxygens (including phenoxy) is 5. The third-order valence-electron chi connectivity index (χ3n) is 6.06. The van der Waals surface area contributed by atoms with E-state index < -0.39 is 18.1 Å². The molecule has 37 heavy (non-hydrogen) atoms. The molecule has 0 aromatic heterocycles. The van der Waals surface area contributed by atoms with Crippen LogP contribution in [0, 0.1) is 11.8 Å². The first-order valence-electron chi connectivity index (χ1n) is 12.5. The number of rotatable bonds is 6. The van der Waals surface area contributed by atoms with Crippen LogP contribution in [0.25, 0.3) is 0 Å². The quantitative estimate of drug-likeness (QED) is 0.453. The molecule has 1 aliphatic heterocycles. The molecule has 1 amide bonds. The third-order valence-corrected chi connectivity index (χ3v) is 6.06. The maximum atomic E-state index is 12.9. The molecule has 0 saturated carbocycles. The van der Waals surface area contributed by atoms with Gasteiger partial charge in [0.15, 0.2) is 6.04 Å². The van der Waals surface area contributed by atoms with Gasteiger partial charge in [-0.2, -0.15) is 0 Å². The highest BCUT2D eigenvalue weighted by Crippen LogP contribution is 2.13. The molecule has 0 saturated heterocycles. The first-order chi connectivity index (χ1) is 17.8. The summed E-state index contributed by atoms with van der Waals surface area (Å²) in [7, 11) is 3.07. The van der Waals surface area contributed by atoms with E-state index in [1.165, 1.54) is 7.11 Å². The molecule has 0 aliphatic carbocycles. The standard InChI is InChI=1S/C28H39NO8/c1-20-10-8-14-26(30)29-23(17-35-16-22-12-6-5-7-13-22)28(32)37-19-25(34-4)21(2)11-9-15-27(31)36-18-24(20)33-3/h5-13,20-21,23-25H,14-19H2,1-4H3,(H,29,30)/b10-8-,11-9-/t20-,21-,23+,24-,25-/m1/s1. The molecule has 0 bridgehead atoms. The fourth-order valence-corrected chi connectivity index (χ4v) is 3.68. The van der Waals surface area contributed by atoms with Crippen LogP contribution in [0.3, 0.4) is 0 Å². The molecule has 0 radical (unpaired) electrons. The maximum Gasteiger partial charge on any atom is 0.331 e. The summed E-state index contributed by atoms with van der Waals surface area (Å²) in [5, 5.41) is 2.71. The van der Waals surface area contributed by atoms with Crippen molar-refractivity contribution in [3.8, 4) is 0 Å². The molecule has 204 valence electrons. The number of carbonyl (C=O) groups excluding carboxylic acids is 3. The molecule has 9 heteroatoms. The number of nitrogens with one attached hydrogen (secondary N) is 1. The van der Waals surface area contributed by atoms with Crippen LogP contribution in [0.15, 0.2) is 54.6 Å². The lowest BCUT2D eigenvalue weighted by Gasteiger charge is -2.22. The van der Waals surface area contributed by atoms with Crippen LogP contribution in [0.2, 0.25) is 0 Å². The van der Waals surface area contributed by atoms with Crippen molar-refractivity contribution >= 4 is 17.8 Å². The molecule has 9 nitrogen and oxygen atoms in total. The van der Waals surface area contributed by atoms with Gasteiger partial charge in [0.05, 0.1) is 31.8 Å². The largest absolute Gasteiger partial charge is 0.463 e. The van der Waals surface area contributed by atoms with E-state index in [1.54, 1.807) is 19.3 Å². The zero-order valence-electron chi connectivity index (χ0n) is 22.1. The molecule has 0 fully saturated rings. The van der Waals surface area contributed by atoms with E-state index in [0.29, 0.717) is 6.61 Å². The average molecular weight is 518 g/mol. The molecule has 1 heterocycles. The Morgan fingerprint density at radius 2 is 1.46 bits per heavy atom. The molecule has 5 atom stereocenters. The summed E-state index contributed by atoms with van der Waals surface area (Å²) < 4.78 is 27.5. The van der Waals surface area contributed by atoms with Crippen molar-refractivity contribution in [1.29, 1.82) is 0 Å². The van der Waals surface area contributed by atoms with Crippen molar-refractivity contribution in [3.63, 3.8) is 0 Å². The molecule has 1 aromatic carbocycles. The van der Waals surface area contributed by atoms with Crippen LogP contribution in [0.1, 0.15) is 32.3 Å². The number of benzene rings is 1. The molecular formula is C28H39NO8. The van der Waals surface area contributed by atoms with Gasteiger partial charge in [-0.25, -0.2) is 4.79 Å². The van der Waals surface area contributed by atoms with Crippen molar-refractivity contribution in [3.05, 3.63) is 60.2 Å². The Hall–Kier alpha value is -3.01. The lowest BCUT2D eigenvalue weighted by Crippen LogP contribution is -2.45. The second-order valence-electron chi connectivity index (χ2n) is 8.96. The fourth-order valence-electron chi connectivity index (χ4n) is 3.68. The van der Waals surface area contributed by atoms with Gasteiger partial charge >= 0.3 is 11.9 Å². The second-order valence-corrected chi connectivity index (χ2v) is 8.96. The van der Waals surface area contributed by atoms with Crippen LogP contribution in [0.4, 0.5) is 0 Å². The van der Waals surface area contributed by atoms with E-state index in [1.807, 2.05) is 56.3 Å². The van der Waals surface area contributed by atoms with Crippen molar-refractivity contribution in [2.45, 2.75) is 51.5 Å². The number of methoxy groups -OCH3 is 2. The number of cyclic esters (lactones) is 2. The molecule has 2 rings (SSSR count). The van der Waals surface area contributed by atoms with E-state index in [4.69, 9.17) is 23.7 Å². The smallest absolute Gasteiger partial charge is 0.331 e. The summed E-state index contributed by atoms with van der Waals surface area (Å²) in [6.07, 6.45) is 6.38. The van der Waals surface area contributed by atoms with Crippen LogP contribution in [-0.4, -0.2) is 70.1 Å². The highest BCUT2D eigenvalue weighted by molar-refractivity contribution is 5.85. The van der Waals surface area contributed by atoms with Gasteiger partial charge in [0.1, 0.15) is 13.2 Å². The molecule has 0 unspecified atom stereocenters. The van der Waals surface area contributed by atoms with E-state index in [0.717, 1.165) is 5.56 Å². The van der Waals surface area contributed by atoms with Crippen LogP contribution >= 0.6 is 0 Å². The SMILES string of the molecule is CO[C@@H]1COC(=O)C/C=C\[C@@H](C)[C@H](OC)COC(=O)[C@H](COCc2ccccc2)NC(=O)C/C=C\[C@H]1C. The predicted molar refractivity (Wildman–Crippen MR) is 137 cm³/mol. The van der Waals surface area contributed by atoms with E-state index in [-0.39, 0.29) is 62.5 Å². The number of hydrogen-bond acceptors (Lipinski definition) is 8. The van der Waals surface area contributed by atoms with E-state index >= 15 is 0 Å². The van der Waals surface area contributed by atoms with Crippen molar-refractivity contribution in [1.82, 2.24) is 5.32 Å². The highest BCUT2D eigenvalue weighted by Gasteiger charge is 2.25. The van der Waals surface area contributed by atoms with Crippen molar-refractivity contribution in [2.75, 3.05) is 34.0 Å². The number of esters is 2. The number of amides is 1. The molecule has 1 aromatic rings. The molecular weight excluding hydrogens is 478 g/mol. The lowest BCUT2D eigenvalue weighted by atomic mass is 10.0. The monoisotopic (exact) mass is 517 g/mol. The minimum absolute atomic E-state index is 0.0245. The van der Waals surface area contributed by atoms with Gasteiger partial charge in [-0.05, 0) is 5.56 Å². The average Bonchev–Trinajstić information content (AvgIpc) is 2.88. The lowest BCUT2D eigenvalue weighted by molar-refractivity contribution is -0.153. The zero-order valence-corrected chi connectivity index (χ0v) is 22.1. The predicted octanol–water partition coefficient (Wildman–Crippen LogP) is 2.98. The Labute approximate surface area is 219 Å². The summed E-state index contributed by atoms with van der Waals surface area (Å²) in [6, 6.07) is 8.56.